The van der Waals surface area contributed by atoms with Crippen molar-refractivity contribution in [3.8, 4) is 0 Å². The van der Waals surface area contributed by atoms with Crippen molar-refractivity contribution in [3.63, 3.8) is 0 Å². The van der Waals surface area contributed by atoms with Crippen molar-refractivity contribution in [3.05, 3.63) is 23.8 Å². The largest absolute Gasteiger partial charge is 0.385 e. The summed E-state index contributed by atoms with van der Waals surface area (Å²) in [5.41, 5.74) is 3.37. The fourth-order valence-electron chi connectivity index (χ4n) is 2.93. The van der Waals surface area contributed by atoms with E-state index in [1.165, 1.54) is 18.4 Å². The first kappa shape index (κ1) is 13.4. The second kappa shape index (κ2) is 6.27. The average molecular weight is 274 g/mol. The van der Waals surface area contributed by atoms with Gasteiger partial charge < -0.3 is 15.4 Å². The lowest BCUT2D eigenvalue weighted by Gasteiger charge is -2.22. The first-order valence-corrected chi connectivity index (χ1v) is 7.59. The Morgan fingerprint density at radius 2 is 2.30 bits per heavy atom. The van der Waals surface area contributed by atoms with Crippen molar-refractivity contribution >= 4 is 17.3 Å². The predicted octanol–water partition coefficient (Wildman–Crippen LogP) is 2.94. The maximum Gasteiger partial charge on any atom is 0.226 e. The molecule has 1 unspecified atom stereocenters. The number of carbonyl (C=O) groups is 1. The van der Waals surface area contributed by atoms with Crippen LogP contribution in [-0.2, 0) is 16.0 Å². The summed E-state index contributed by atoms with van der Waals surface area (Å²) in [6.07, 6.45) is 6.14. The fraction of sp³-hybridized carbons (Fsp3) is 0.562. The van der Waals surface area contributed by atoms with Gasteiger partial charge in [-0.2, -0.15) is 0 Å². The summed E-state index contributed by atoms with van der Waals surface area (Å²) in [5, 5.41) is 6.36. The van der Waals surface area contributed by atoms with Gasteiger partial charge in [-0.15, -0.1) is 0 Å². The van der Waals surface area contributed by atoms with Crippen LogP contribution < -0.4 is 10.6 Å². The van der Waals surface area contributed by atoms with Gasteiger partial charge in [0.2, 0.25) is 5.91 Å². The van der Waals surface area contributed by atoms with Gasteiger partial charge >= 0.3 is 0 Å². The SMILES string of the molecule is O=C(CC1CCCCO1)Nc1ccc2c(c1)NCCC2. The fourth-order valence-corrected chi connectivity index (χ4v) is 2.93. The molecule has 0 aliphatic carbocycles. The molecule has 2 heterocycles. The molecule has 0 radical (unpaired) electrons. The summed E-state index contributed by atoms with van der Waals surface area (Å²) < 4.78 is 5.60. The average Bonchev–Trinajstić information content (AvgIpc) is 2.48. The number of ether oxygens (including phenoxy) is 1. The quantitative estimate of drug-likeness (QED) is 0.891. The minimum Gasteiger partial charge on any atom is -0.385 e. The van der Waals surface area contributed by atoms with E-state index >= 15 is 0 Å². The van der Waals surface area contributed by atoms with Gasteiger partial charge in [-0.1, -0.05) is 6.07 Å². The highest BCUT2D eigenvalue weighted by atomic mass is 16.5. The van der Waals surface area contributed by atoms with Crippen LogP contribution in [-0.4, -0.2) is 25.2 Å². The van der Waals surface area contributed by atoms with Crippen molar-refractivity contribution in [1.82, 2.24) is 0 Å². The lowest BCUT2D eigenvalue weighted by atomic mass is 10.0. The van der Waals surface area contributed by atoms with E-state index in [2.05, 4.69) is 16.7 Å². The molecule has 3 rings (SSSR count). The molecule has 108 valence electrons. The molecule has 0 aromatic heterocycles. The molecule has 20 heavy (non-hydrogen) atoms. The third-order valence-corrected chi connectivity index (χ3v) is 4.02. The van der Waals surface area contributed by atoms with Crippen molar-refractivity contribution in [1.29, 1.82) is 0 Å². The number of amides is 1. The Labute approximate surface area is 119 Å². The summed E-state index contributed by atoms with van der Waals surface area (Å²) in [6, 6.07) is 6.13. The van der Waals surface area contributed by atoms with Crippen LogP contribution in [0.3, 0.4) is 0 Å². The molecule has 1 fully saturated rings. The number of carbonyl (C=O) groups excluding carboxylic acids is 1. The number of fused-ring (bicyclic) bond motifs is 1. The Morgan fingerprint density at radius 3 is 3.15 bits per heavy atom. The molecular weight excluding hydrogens is 252 g/mol. The highest BCUT2D eigenvalue weighted by molar-refractivity contribution is 5.91. The number of aryl methyl sites for hydroxylation is 1. The normalized spacial score (nSPS) is 21.7. The Kier molecular flexibility index (Phi) is 4.21. The number of hydrogen-bond donors (Lipinski definition) is 2. The Morgan fingerprint density at radius 1 is 1.35 bits per heavy atom. The van der Waals surface area contributed by atoms with Gasteiger partial charge in [-0.05, 0) is 49.8 Å². The zero-order valence-corrected chi connectivity index (χ0v) is 11.8. The molecule has 2 N–H and O–H groups in total. The van der Waals surface area contributed by atoms with Gasteiger partial charge in [0.1, 0.15) is 0 Å². The Hall–Kier alpha value is -1.55. The number of anilines is 2. The van der Waals surface area contributed by atoms with Gasteiger partial charge in [0, 0.05) is 24.5 Å². The van der Waals surface area contributed by atoms with Crippen LogP contribution in [0.2, 0.25) is 0 Å². The van der Waals surface area contributed by atoms with E-state index in [0.717, 1.165) is 43.8 Å². The van der Waals surface area contributed by atoms with Crippen LogP contribution in [0.1, 0.15) is 37.7 Å². The van der Waals surface area contributed by atoms with Crippen LogP contribution >= 0.6 is 0 Å². The third kappa shape index (κ3) is 3.31. The van der Waals surface area contributed by atoms with Gasteiger partial charge in [-0.25, -0.2) is 0 Å². The number of hydrogen-bond acceptors (Lipinski definition) is 3. The minimum absolute atomic E-state index is 0.0488. The molecule has 0 bridgehead atoms. The second-order valence-corrected chi connectivity index (χ2v) is 5.64. The van der Waals surface area contributed by atoms with Crippen LogP contribution in [0.25, 0.3) is 0 Å². The summed E-state index contributed by atoms with van der Waals surface area (Å²) in [4.78, 5) is 12.0. The number of benzene rings is 1. The first-order valence-electron chi connectivity index (χ1n) is 7.59. The van der Waals surface area contributed by atoms with E-state index in [1.54, 1.807) is 0 Å². The molecule has 1 aromatic carbocycles. The molecule has 4 heteroatoms. The molecule has 0 saturated carbocycles. The third-order valence-electron chi connectivity index (χ3n) is 4.02. The number of nitrogens with one attached hydrogen (secondary N) is 2. The topological polar surface area (TPSA) is 50.4 Å². The maximum absolute atomic E-state index is 12.0. The number of rotatable bonds is 3. The van der Waals surface area contributed by atoms with Crippen LogP contribution in [0, 0.1) is 0 Å². The molecular formula is C16H22N2O2. The second-order valence-electron chi connectivity index (χ2n) is 5.64. The molecule has 4 nitrogen and oxygen atoms in total. The van der Waals surface area contributed by atoms with Crippen molar-refractivity contribution in [2.45, 2.75) is 44.6 Å². The standard InChI is InChI=1S/C16H22N2O2/c19-16(11-14-5-1-2-9-20-14)18-13-7-6-12-4-3-8-17-15(12)10-13/h6-7,10,14,17H,1-5,8-9,11H2,(H,18,19). The van der Waals surface area contributed by atoms with E-state index in [-0.39, 0.29) is 12.0 Å². The van der Waals surface area contributed by atoms with E-state index in [1.807, 2.05) is 12.1 Å². The lowest BCUT2D eigenvalue weighted by molar-refractivity contribution is -0.119. The van der Waals surface area contributed by atoms with Crippen LogP contribution in [0.15, 0.2) is 18.2 Å². The monoisotopic (exact) mass is 274 g/mol. The molecule has 0 spiro atoms. The van der Waals surface area contributed by atoms with Gasteiger partial charge in [0.05, 0.1) is 12.5 Å². The molecule has 2 aliphatic rings. The van der Waals surface area contributed by atoms with E-state index < -0.39 is 0 Å². The summed E-state index contributed by atoms with van der Waals surface area (Å²) in [7, 11) is 0. The highest BCUT2D eigenvalue weighted by Crippen LogP contribution is 2.25. The van der Waals surface area contributed by atoms with Crippen LogP contribution in [0.4, 0.5) is 11.4 Å². The van der Waals surface area contributed by atoms with Crippen molar-refractivity contribution in [2.24, 2.45) is 0 Å². The minimum atomic E-state index is 0.0488. The Balaban J connectivity index is 1.58. The van der Waals surface area contributed by atoms with Crippen LogP contribution in [0.5, 0.6) is 0 Å². The smallest absolute Gasteiger partial charge is 0.226 e. The molecule has 2 aliphatic heterocycles. The van der Waals surface area contributed by atoms with Gasteiger partial charge in [0.25, 0.3) is 0 Å². The zero-order chi connectivity index (χ0) is 13.8. The maximum atomic E-state index is 12.0. The molecule has 1 aromatic rings. The highest BCUT2D eigenvalue weighted by Gasteiger charge is 2.18. The Bertz CT molecular complexity index is 481. The summed E-state index contributed by atoms with van der Waals surface area (Å²) in [6.45, 7) is 1.81. The summed E-state index contributed by atoms with van der Waals surface area (Å²) >= 11 is 0. The molecule has 1 atom stereocenters. The van der Waals surface area contributed by atoms with E-state index in [4.69, 9.17) is 4.74 Å². The first-order chi connectivity index (χ1) is 9.81. The van der Waals surface area contributed by atoms with E-state index in [9.17, 15) is 4.79 Å². The van der Waals surface area contributed by atoms with Crippen molar-refractivity contribution in [2.75, 3.05) is 23.8 Å². The lowest BCUT2D eigenvalue weighted by Crippen LogP contribution is -2.25. The molecule has 1 saturated heterocycles. The van der Waals surface area contributed by atoms with Crippen molar-refractivity contribution < 1.29 is 9.53 Å². The summed E-state index contributed by atoms with van der Waals surface area (Å²) in [5.74, 6) is 0.0488. The van der Waals surface area contributed by atoms with Gasteiger partial charge in [-0.3, -0.25) is 4.79 Å². The predicted molar refractivity (Wildman–Crippen MR) is 80.1 cm³/mol. The molecule has 1 amide bonds. The van der Waals surface area contributed by atoms with E-state index in [0.29, 0.717) is 6.42 Å². The van der Waals surface area contributed by atoms with Gasteiger partial charge in [0.15, 0.2) is 0 Å². The zero-order valence-electron chi connectivity index (χ0n) is 11.8.